The van der Waals surface area contributed by atoms with Gasteiger partial charge in [-0.2, -0.15) is 0 Å². The van der Waals surface area contributed by atoms with Crippen molar-refractivity contribution >= 4 is 34.8 Å². The van der Waals surface area contributed by atoms with Crippen molar-refractivity contribution in [2.75, 3.05) is 19.0 Å². The summed E-state index contributed by atoms with van der Waals surface area (Å²) in [7, 11) is 3.91. The van der Waals surface area contributed by atoms with Gasteiger partial charge < -0.3 is 10.6 Å². The van der Waals surface area contributed by atoms with E-state index in [-0.39, 0.29) is 5.56 Å². The molecule has 0 bridgehead atoms. The molecule has 2 aromatic heterocycles. The van der Waals surface area contributed by atoms with Crippen molar-refractivity contribution in [3.8, 4) is 17.2 Å². The van der Waals surface area contributed by atoms with Gasteiger partial charge in [-0.3, -0.25) is 14.3 Å². The maximum atomic E-state index is 11.5. The van der Waals surface area contributed by atoms with Gasteiger partial charge in [-0.1, -0.05) is 37.0 Å². The summed E-state index contributed by atoms with van der Waals surface area (Å²) in [6.45, 7) is 4.26. The van der Waals surface area contributed by atoms with E-state index in [0.29, 0.717) is 33.2 Å². The summed E-state index contributed by atoms with van der Waals surface area (Å²) in [4.78, 5) is 22.9. The van der Waals surface area contributed by atoms with Crippen LogP contribution in [0.2, 0.25) is 10.0 Å². The number of nitrogens with two attached hydrogens (primary N) is 1. The second-order valence-corrected chi connectivity index (χ2v) is 8.29. The van der Waals surface area contributed by atoms with Crippen molar-refractivity contribution in [3.63, 3.8) is 0 Å². The highest BCUT2D eigenvalue weighted by molar-refractivity contribution is 6.38. The van der Waals surface area contributed by atoms with E-state index < -0.39 is 5.91 Å². The summed E-state index contributed by atoms with van der Waals surface area (Å²) in [5, 5.41) is 0.622. The van der Waals surface area contributed by atoms with Crippen LogP contribution in [0.1, 0.15) is 29.9 Å². The largest absolute Gasteiger partial charge is 0.376 e. The fraction of sp³-hybridized carbons (Fsp3) is 0.286. The van der Waals surface area contributed by atoms with Crippen molar-refractivity contribution in [3.05, 3.63) is 58.0 Å². The van der Waals surface area contributed by atoms with Crippen LogP contribution in [-0.4, -0.2) is 34.5 Å². The first-order valence-electron chi connectivity index (χ1n) is 9.18. The van der Waals surface area contributed by atoms with Crippen molar-refractivity contribution in [2.24, 2.45) is 11.7 Å². The number of hydrogen-bond acceptors (Lipinski definition) is 4. The molecule has 0 radical (unpaired) electrons. The molecular formula is C21H23Cl2N5O. The molecule has 6 nitrogen and oxygen atoms in total. The van der Waals surface area contributed by atoms with E-state index in [4.69, 9.17) is 33.9 Å². The van der Waals surface area contributed by atoms with Gasteiger partial charge in [0, 0.05) is 25.9 Å². The molecule has 0 atom stereocenters. The van der Waals surface area contributed by atoms with Crippen LogP contribution in [0.25, 0.3) is 17.2 Å². The van der Waals surface area contributed by atoms with Crippen LogP contribution in [0, 0.1) is 5.92 Å². The Morgan fingerprint density at radius 2 is 1.86 bits per heavy atom. The Balaban J connectivity index is 2.18. The molecule has 1 aromatic carbocycles. The average molecular weight is 432 g/mol. The van der Waals surface area contributed by atoms with Crippen LogP contribution in [0.15, 0.2) is 36.7 Å². The Labute approximate surface area is 180 Å². The Morgan fingerprint density at radius 3 is 2.34 bits per heavy atom. The highest BCUT2D eigenvalue weighted by atomic mass is 35.5. The summed E-state index contributed by atoms with van der Waals surface area (Å²) in [5.41, 5.74) is 8.73. The van der Waals surface area contributed by atoms with E-state index in [0.717, 1.165) is 17.8 Å². The molecule has 3 aromatic rings. The first-order chi connectivity index (χ1) is 13.7. The molecule has 3 rings (SSSR count). The number of aromatic nitrogens is 3. The van der Waals surface area contributed by atoms with Crippen molar-refractivity contribution in [1.29, 1.82) is 0 Å². The first-order valence-corrected chi connectivity index (χ1v) is 9.94. The van der Waals surface area contributed by atoms with Crippen LogP contribution >= 0.6 is 23.2 Å². The molecule has 29 heavy (non-hydrogen) atoms. The summed E-state index contributed by atoms with van der Waals surface area (Å²) in [6.07, 6.45) is 4.49. The Bertz CT molecular complexity index is 1020. The van der Waals surface area contributed by atoms with E-state index in [9.17, 15) is 4.79 Å². The minimum atomic E-state index is -0.590. The lowest BCUT2D eigenvalue weighted by Gasteiger charge is -2.14. The molecule has 0 fully saturated rings. The fourth-order valence-electron chi connectivity index (χ4n) is 3.02. The minimum absolute atomic E-state index is 0.251. The number of pyridine rings is 1. The highest BCUT2D eigenvalue weighted by Crippen LogP contribution is 2.34. The fourth-order valence-corrected chi connectivity index (χ4v) is 3.69. The molecule has 0 saturated carbocycles. The zero-order valence-corrected chi connectivity index (χ0v) is 18.3. The summed E-state index contributed by atoms with van der Waals surface area (Å²) < 4.78 is 1.82. The van der Waals surface area contributed by atoms with Gasteiger partial charge in [0.2, 0.25) is 5.91 Å². The molecule has 1 amide bonds. The highest BCUT2D eigenvalue weighted by Gasteiger charge is 2.19. The van der Waals surface area contributed by atoms with Crippen LogP contribution in [0.3, 0.4) is 0 Å². The third-order valence-electron chi connectivity index (χ3n) is 4.41. The van der Waals surface area contributed by atoms with Gasteiger partial charge in [-0.05, 0) is 36.6 Å². The quantitative estimate of drug-likeness (QED) is 0.618. The van der Waals surface area contributed by atoms with Crippen LogP contribution < -0.4 is 10.6 Å². The lowest BCUT2D eigenvalue weighted by atomic mass is 10.1. The maximum Gasteiger partial charge on any atom is 0.248 e. The molecule has 0 saturated heterocycles. The number of imidazole rings is 1. The van der Waals surface area contributed by atoms with Crippen molar-refractivity contribution < 1.29 is 4.79 Å². The molecule has 2 N–H and O–H groups in total. The number of carbonyl (C=O) groups is 1. The number of primary amides is 1. The van der Waals surface area contributed by atoms with Gasteiger partial charge in [0.1, 0.15) is 5.69 Å². The monoisotopic (exact) mass is 431 g/mol. The normalized spacial score (nSPS) is 11.1. The molecular weight excluding hydrogens is 409 g/mol. The second kappa shape index (κ2) is 8.43. The van der Waals surface area contributed by atoms with Gasteiger partial charge in [0.25, 0.3) is 0 Å². The molecule has 2 heterocycles. The van der Waals surface area contributed by atoms with E-state index in [2.05, 4.69) is 18.8 Å². The van der Waals surface area contributed by atoms with Crippen LogP contribution in [0.5, 0.6) is 0 Å². The van der Waals surface area contributed by atoms with Gasteiger partial charge in [0.15, 0.2) is 5.82 Å². The standard InChI is InChI=1S/C21H23Cl2N5O/c1-12(2)7-14-11-28(19-16(22)8-13(20(24)29)9-17(19)23)21(26-14)18-6-5-15(10-25-18)27(3)4/h5-6,8-12H,7H2,1-4H3,(H2,24,29). The Kier molecular flexibility index (Phi) is 6.15. The van der Waals surface area contributed by atoms with Gasteiger partial charge in [-0.25, -0.2) is 4.98 Å². The summed E-state index contributed by atoms with van der Waals surface area (Å²) in [5.74, 6) is 0.465. The van der Waals surface area contributed by atoms with Crippen LogP contribution in [-0.2, 0) is 6.42 Å². The third kappa shape index (κ3) is 4.54. The molecule has 152 valence electrons. The van der Waals surface area contributed by atoms with Crippen LogP contribution in [0.4, 0.5) is 5.69 Å². The SMILES string of the molecule is CC(C)Cc1cn(-c2c(Cl)cc(C(N)=O)cc2Cl)c(-c2ccc(N(C)C)cn2)n1. The van der Waals surface area contributed by atoms with Gasteiger partial charge in [-0.15, -0.1) is 0 Å². The molecule has 0 aliphatic carbocycles. The predicted molar refractivity (Wildman–Crippen MR) is 118 cm³/mol. The number of rotatable bonds is 6. The molecule has 0 aliphatic rings. The van der Waals surface area contributed by atoms with E-state index in [1.807, 2.05) is 41.9 Å². The number of amides is 1. The zero-order chi connectivity index (χ0) is 21.3. The number of carbonyl (C=O) groups excluding carboxylic acids is 1. The van der Waals surface area contributed by atoms with Crippen molar-refractivity contribution in [1.82, 2.24) is 14.5 Å². The molecule has 0 spiro atoms. The van der Waals surface area contributed by atoms with E-state index >= 15 is 0 Å². The lowest BCUT2D eigenvalue weighted by Crippen LogP contribution is -2.11. The first kappa shape index (κ1) is 21.1. The molecule has 0 aliphatic heterocycles. The number of hydrogen-bond donors (Lipinski definition) is 1. The summed E-state index contributed by atoms with van der Waals surface area (Å²) in [6, 6.07) is 6.91. The number of halogens is 2. The van der Waals surface area contributed by atoms with Gasteiger partial charge >= 0.3 is 0 Å². The lowest BCUT2D eigenvalue weighted by molar-refractivity contribution is 0.100. The van der Waals surface area contributed by atoms with Crippen molar-refractivity contribution in [2.45, 2.75) is 20.3 Å². The molecule has 8 heteroatoms. The predicted octanol–water partition coefficient (Wildman–Crippen LogP) is 4.60. The average Bonchev–Trinajstić information content (AvgIpc) is 3.03. The van der Waals surface area contributed by atoms with Gasteiger partial charge in [0.05, 0.1) is 33.3 Å². The van der Waals surface area contributed by atoms with E-state index in [1.165, 1.54) is 12.1 Å². The van der Waals surface area contributed by atoms with E-state index in [1.54, 1.807) is 6.20 Å². The summed E-state index contributed by atoms with van der Waals surface area (Å²) >= 11 is 13.0. The number of anilines is 1. The topological polar surface area (TPSA) is 77.0 Å². The third-order valence-corrected chi connectivity index (χ3v) is 4.99. The Hall–Kier alpha value is -2.57. The number of benzene rings is 1. The Morgan fingerprint density at radius 1 is 1.21 bits per heavy atom. The minimum Gasteiger partial charge on any atom is -0.376 e. The maximum absolute atomic E-state index is 11.5. The zero-order valence-electron chi connectivity index (χ0n) is 16.8. The number of nitrogens with zero attached hydrogens (tertiary/aromatic N) is 4. The second-order valence-electron chi connectivity index (χ2n) is 7.47. The smallest absolute Gasteiger partial charge is 0.248 e. The molecule has 0 unspecified atom stereocenters.